The number of nitrogens with zero attached hydrogens (tertiary/aromatic N) is 1. The summed E-state index contributed by atoms with van der Waals surface area (Å²) in [5.41, 5.74) is 1.01. The minimum absolute atomic E-state index is 0.453. The third-order valence-corrected chi connectivity index (χ3v) is 2.69. The maximum Gasteiger partial charge on any atom is 0.121 e. The van der Waals surface area contributed by atoms with E-state index in [1.54, 1.807) is 11.3 Å². The average molecular weight is 192 g/mol. The van der Waals surface area contributed by atoms with E-state index in [4.69, 9.17) is 4.74 Å². The fraction of sp³-hybridized carbons (Fsp3) is 0.200. The number of hydrogen-bond donors (Lipinski definition) is 0. The van der Waals surface area contributed by atoms with Crippen molar-refractivity contribution in [2.24, 2.45) is 0 Å². The van der Waals surface area contributed by atoms with Gasteiger partial charge in [0.1, 0.15) is 5.75 Å². The quantitative estimate of drug-likeness (QED) is 0.730. The first-order chi connectivity index (χ1) is 6.29. The van der Waals surface area contributed by atoms with Crippen LogP contribution >= 0.6 is 11.3 Å². The molecule has 0 aliphatic carbocycles. The van der Waals surface area contributed by atoms with E-state index in [9.17, 15) is 0 Å². The van der Waals surface area contributed by atoms with E-state index in [1.165, 1.54) is 4.70 Å². The Morgan fingerprint density at radius 3 is 3.15 bits per heavy atom. The van der Waals surface area contributed by atoms with Crippen LogP contribution in [0.3, 0.4) is 0 Å². The van der Waals surface area contributed by atoms with Gasteiger partial charge in [-0.15, -0.1) is 11.3 Å². The van der Waals surface area contributed by atoms with E-state index in [0.717, 1.165) is 16.3 Å². The van der Waals surface area contributed by atoms with Gasteiger partial charge in [0.05, 0.1) is 21.8 Å². The van der Waals surface area contributed by atoms with Crippen molar-refractivity contribution < 1.29 is 4.74 Å². The van der Waals surface area contributed by atoms with Crippen LogP contribution in [0.2, 0.25) is 0 Å². The normalized spacial score (nSPS) is 10.6. The Kier molecular flexibility index (Phi) is 2.19. The minimum Gasteiger partial charge on any atom is -0.494 e. The van der Waals surface area contributed by atoms with Crippen molar-refractivity contribution in [3.8, 4) is 5.75 Å². The Morgan fingerprint density at radius 2 is 2.38 bits per heavy atom. The number of hydrogen-bond acceptors (Lipinski definition) is 3. The van der Waals surface area contributed by atoms with Crippen LogP contribution in [0.25, 0.3) is 10.2 Å². The third-order valence-electron chi connectivity index (χ3n) is 1.73. The number of benzene rings is 1. The molecule has 3 heteroatoms. The molecule has 0 saturated carbocycles. The molecule has 1 aromatic carbocycles. The van der Waals surface area contributed by atoms with Gasteiger partial charge in [-0.05, 0) is 26.0 Å². The number of fused-ring (bicyclic) bond motifs is 1. The van der Waals surface area contributed by atoms with Crippen molar-refractivity contribution in [2.75, 3.05) is 6.61 Å². The molecular formula is C10H10NOS. The molecule has 0 unspecified atom stereocenters. The zero-order valence-corrected chi connectivity index (χ0v) is 8.23. The molecule has 0 saturated heterocycles. The largest absolute Gasteiger partial charge is 0.494 e. The van der Waals surface area contributed by atoms with Crippen molar-refractivity contribution in [1.29, 1.82) is 0 Å². The summed E-state index contributed by atoms with van der Waals surface area (Å²) in [7, 11) is 0. The van der Waals surface area contributed by atoms with Crippen molar-refractivity contribution in [3.63, 3.8) is 0 Å². The molecule has 1 aromatic heterocycles. The molecule has 0 bridgehead atoms. The molecule has 0 atom stereocenters. The van der Waals surface area contributed by atoms with Crippen LogP contribution in [0.15, 0.2) is 18.2 Å². The number of rotatable bonds is 2. The molecule has 0 aliphatic heterocycles. The number of aromatic nitrogens is 1. The molecule has 2 aromatic rings. The van der Waals surface area contributed by atoms with Crippen LogP contribution in [-0.4, -0.2) is 11.6 Å². The minimum atomic E-state index is 0.453. The Labute approximate surface area is 81.2 Å². The lowest BCUT2D eigenvalue weighted by atomic mass is 10.3. The van der Waals surface area contributed by atoms with E-state index in [1.807, 2.05) is 25.1 Å². The molecular weight excluding hydrogens is 182 g/mol. The Morgan fingerprint density at radius 1 is 1.54 bits per heavy atom. The van der Waals surface area contributed by atoms with Crippen molar-refractivity contribution in [1.82, 2.24) is 4.98 Å². The molecule has 67 valence electrons. The second-order valence-electron chi connectivity index (χ2n) is 2.71. The fourth-order valence-corrected chi connectivity index (χ4v) is 2.04. The molecule has 0 spiro atoms. The van der Waals surface area contributed by atoms with Crippen LogP contribution in [0.1, 0.15) is 5.01 Å². The topological polar surface area (TPSA) is 22.1 Å². The molecule has 13 heavy (non-hydrogen) atoms. The maximum absolute atomic E-state index is 5.28. The van der Waals surface area contributed by atoms with Crippen molar-refractivity contribution in [3.05, 3.63) is 30.1 Å². The summed E-state index contributed by atoms with van der Waals surface area (Å²) in [4.78, 5) is 4.37. The molecule has 1 heterocycles. The zero-order chi connectivity index (χ0) is 9.26. The van der Waals surface area contributed by atoms with Gasteiger partial charge in [0, 0.05) is 6.07 Å². The highest BCUT2D eigenvalue weighted by Gasteiger charge is 2.01. The SMILES string of the molecule is [CH2]COc1ccc2sc(C)nc2c1. The number of ether oxygens (including phenoxy) is 1. The van der Waals surface area contributed by atoms with Gasteiger partial charge in [-0.2, -0.15) is 0 Å². The summed E-state index contributed by atoms with van der Waals surface area (Å²) in [5.74, 6) is 0.841. The standard InChI is InChI=1S/C10H10NOS/c1-3-12-8-4-5-10-9(6-8)11-7(2)13-10/h4-6H,1,3H2,2H3. The first kappa shape index (κ1) is 8.51. The molecule has 2 nitrogen and oxygen atoms in total. The third kappa shape index (κ3) is 1.65. The van der Waals surface area contributed by atoms with Crippen LogP contribution in [0.5, 0.6) is 5.75 Å². The molecule has 0 N–H and O–H groups in total. The van der Waals surface area contributed by atoms with Crippen LogP contribution in [0, 0.1) is 13.8 Å². The van der Waals surface area contributed by atoms with Crippen LogP contribution in [0.4, 0.5) is 0 Å². The molecule has 1 radical (unpaired) electrons. The van der Waals surface area contributed by atoms with Crippen LogP contribution < -0.4 is 4.74 Å². The second-order valence-corrected chi connectivity index (χ2v) is 3.95. The summed E-state index contributed by atoms with van der Waals surface area (Å²) in [6, 6.07) is 5.93. The highest BCUT2D eigenvalue weighted by molar-refractivity contribution is 7.18. The lowest BCUT2D eigenvalue weighted by Gasteiger charge is -2.00. The van der Waals surface area contributed by atoms with Gasteiger partial charge in [0.25, 0.3) is 0 Å². The number of aryl methyl sites for hydroxylation is 1. The molecule has 0 fully saturated rings. The average Bonchev–Trinajstić information content (AvgIpc) is 2.44. The molecule has 0 amide bonds. The van der Waals surface area contributed by atoms with E-state index in [2.05, 4.69) is 11.9 Å². The van der Waals surface area contributed by atoms with E-state index in [-0.39, 0.29) is 0 Å². The first-order valence-corrected chi connectivity index (χ1v) is 4.90. The number of thiazole rings is 1. The maximum atomic E-state index is 5.28. The van der Waals surface area contributed by atoms with Crippen molar-refractivity contribution >= 4 is 21.6 Å². The summed E-state index contributed by atoms with van der Waals surface area (Å²) in [6.45, 7) is 6.09. The lowest BCUT2D eigenvalue weighted by molar-refractivity contribution is 0.361. The van der Waals surface area contributed by atoms with Crippen molar-refractivity contribution in [2.45, 2.75) is 6.92 Å². The summed E-state index contributed by atoms with van der Waals surface area (Å²) in [6.07, 6.45) is 0. The smallest absolute Gasteiger partial charge is 0.121 e. The van der Waals surface area contributed by atoms with Gasteiger partial charge in [-0.3, -0.25) is 0 Å². The first-order valence-electron chi connectivity index (χ1n) is 4.09. The molecule has 2 rings (SSSR count). The Hall–Kier alpha value is -1.09. The highest BCUT2D eigenvalue weighted by atomic mass is 32.1. The second kappa shape index (κ2) is 3.34. The van der Waals surface area contributed by atoms with Gasteiger partial charge < -0.3 is 4.74 Å². The Bertz CT molecular complexity index is 422. The monoisotopic (exact) mass is 192 g/mol. The molecule has 0 aliphatic rings. The van der Waals surface area contributed by atoms with Gasteiger partial charge in [0.2, 0.25) is 0 Å². The zero-order valence-electron chi connectivity index (χ0n) is 7.41. The highest BCUT2D eigenvalue weighted by Crippen LogP contribution is 2.25. The van der Waals surface area contributed by atoms with E-state index < -0.39 is 0 Å². The van der Waals surface area contributed by atoms with Gasteiger partial charge in [-0.1, -0.05) is 0 Å². The van der Waals surface area contributed by atoms with E-state index in [0.29, 0.717) is 6.61 Å². The fourth-order valence-electron chi connectivity index (χ4n) is 1.23. The summed E-state index contributed by atoms with van der Waals surface area (Å²) >= 11 is 1.70. The van der Waals surface area contributed by atoms with Gasteiger partial charge in [0.15, 0.2) is 0 Å². The summed E-state index contributed by atoms with van der Waals surface area (Å²) in [5, 5.41) is 1.08. The van der Waals surface area contributed by atoms with Gasteiger partial charge in [-0.25, -0.2) is 4.98 Å². The lowest BCUT2D eigenvalue weighted by Crippen LogP contribution is -1.90. The van der Waals surface area contributed by atoms with Crippen LogP contribution in [-0.2, 0) is 0 Å². The predicted octanol–water partition coefficient (Wildman–Crippen LogP) is 2.82. The Balaban J connectivity index is 2.48. The summed E-state index contributed by atoms with van der Waals surface area (Å²) < 4.78 is 6.48. The van der Waals surface area contributed by atoms with E-state index >= 15 is 0 Å². The van der Waals surface area contributed by atoms with Gasteiger partial charge >= 0.3 is 0 Å². The predicted molar refractivity (Wildman–Crippen MR) is 55.2 cm³/mol.